The molecule has 0 bridgehead atoms. The molecule has 0 saturated heterocycles. The van der Waals surface area contributed by atoms with Crippen molar-refractivity contribution in [1.29, 1.82) is 0 Å². The van der Waals surface area contributed by atoms with Crippen molar-refractivity contribution < 1.29 is 5.11 Å². The van der Waals surface area contributed by atoms with Crippen LogP contribution in [0.4, 0.5) is 0 Å². The number of hydrogen-bond acceptors (Lipinski definition) is 2. The highest BCUT2D eigenvalue weighted by molar-refractivity contribution is 7.99. The van der Waals surface area contributed by atoms with E-state index < -0.39 is 6.10 Å². The Hall–Kier alpha value is -0.670. The number of thioether (sulfide) groups is 1. The lowest BCUT2D eigenvalue weighted by Crippen LogP contribution is -2.13. The van der Waals surface area contributed by atoms with Crippen LogP contribution in [-0.2, 0) is 6.42 Å². The fraction of sp³-hybridized carbons (Fsp3) is 0.250. The molecule has 0 aliphatic rings. The van der Waals surface area contributed by atoms with Gasteiger partial charge in [-0.25, -0.2) is 0 Å². The van der Waals surface area contributed by atoms with Gasteiger partial charge in [0.05, 0.1) is 16.1 Å². The standard InChI is InChI=1S/C16H16Cl2OS/c1-11-5-7-14(8-6-11)20-10-13(19)9-12-3-2-4-15(17)16(12)18/h2-8,13,19H,9-10H2,1H3. The zero-order valence-electron chi connectivity index (χ0n) is 11.1. The Morgan fingerprint density at radius 3 is 2.50 bits per heavy atom. The van der Waals surface area contributed by atoms with Crippen molar-refractivity contribution in [3.05, 3.63) is 63.6 Å². The maximum absolute atomic E-state index is 10.1. The minimum absolute atomic E-state index is 0.447. The van der Waals surface area contributed by atoms with Crippen molar-refractivity contribution in [2.24, 2.45) is 0 Å². The summed E-state index contributed by atoms with van der Waals surface area (Å²) in [4.78, 5) is 1.16. The topological polar surface area (TPSA) is 20.2 Å². The number of aryl methyl sites for hydroxylation is 1. The van der Waals surface area contributed by atoms with Gasteiger partial charge in [0.15, 0.2) is 0 Å². The molecule has 0 aliphatic heterocycles. The third-order valence-corrected chi connectivity index (χ3v) is 4.97. The predicted molar refractivity (Wildman–Crippen MR) is 88.1 cm³/mol. The molecule has 4 heteroatoms. The van der Waals surface area contributed by atoms with E-state index in [1.165, 1.54) is 5.56 Å². The summed E-state index contributed by atoms with van der Waals surface area (Å²) in [7, 11) is 0. The van der Waals surface area contributed by atoms with Crippen LogP contribution in [0.1, 0.15) is 11.1 Å². The molecule has 0 saturated carbocycles. The first-order chi connectivity index (χ1) is 9.56. The molecular formula is C16H16Cl2OS. The number of aliphatic hydroxyl groups excluding tert-OH is 1. The van der Waals surface area contributed by atoms with E-state index in [1.54, 1.807) is 17.8 Å². The van der Waals surface area contributed by atoms with Gasteiger partial charge in [0.1, 0.15) is 0 Å². The summed E-state index contributed by atoms with van der Waals surface area (Å²) in [5.74, 6) is 0.631. The van der Waals surface area contributed by atoms with E-state index in [0.29, 0.717) is 22.2 Å². The average molecular weight is 327 g/mol. The first kappa shape index (κ1) is 15.7. The summed E-state index contributed by atoms with van der Waals surface area (Å²) in [5.41, 5.74) is 2.12. The zero-order chi connectivity index (χ0) is 14.5. The number of benzene rings is 2. The number of halogens is 2. The lowest BCUT2D eigenvalue weighted by molar-refractivity contribution is 0.200. The molecular weight excluding hydrogens is 311 g/mol. The van der Waals surface area contributed by atoms with Crippen LogP contribution in [0.2, 0.25) is 10.0 Å². The van der Waals surface area contributed by atoms with Gasteiger partial charge in [-0.3, -0.25) is 0 Å². The van der Waals surface area contributed by atoms with Crippen LogP contribution >= 0.6 is 35.0 Å². The maximum atomic E-state index is 10.1. The molecule has 106 valence electrons. The van der Waals surface area contributed by atoms with E-state index >= 15 is 0 Å². The SMILES string of the molecule is Cc1ccc(SCC(O)Cc2cccc(Cl)c2Cl)cc1. The Bertz CT molecular complexity index is 569. The lowest BCUT2D eigenvalue weighted by atomic mass is 10.1. The third kappa shape index (κ3) is 4.42. The van der Waals surface area contributed by atoms with Crippen molar-refractivity contribution in [3.8, 4) is 0 Å². The van der Waals surface area contributed by atoms with Crippen LogP contribution in [0.3, 0.4) is 0 Å². The van der Waals surface area contributed by atoms with E-state index in [4.69, 9.17) is 23.2 Å². The molecule has 0 aromatic heterocycles. The van der Waals surface area contributed by atoms with Crippen LogP contribution < -0.4 is 0 Å². The Morgan fingerprint density at radius 2 is 1.80 bits per heavy atom. The van der Waals surface area contributed by atoms with Crippen LogP contribution in [0.5, 0.6) is 0 Å². The second-order valence-corrected chi connectivity index (χ2v) is 6.57. The van der Waals surface area contributed by atoms with Gasteiger partial charge in [-0.15, -0.1) is 11.8 Å². The first-order valence-electron chi connectivity index (χ1n) is 6.36. The molecule has 1 nitrogen and oxygen atoms in total. The second-order valence-electron chi connectivity index (χ2n) is 4.69. The minimum atomic E-state index is -0.447. The lowest BCUT2D eigenvalue weighted by Gasteiger charge is -2.12. The molecule has 2 aromatic rings. The van der Waals surface area contributed by atoms with E-state index in [9.17, 15) is 5.11 Å². The smallest absolute Gasteiger partial charge is 0.0674 e. The Labute approximate surface area is 133 Å². The zero-order valence-corrected chi connectivity index (χ0v) is 13.5. The number of hydrogen-bond donors (Lipinski definition) is 1. The monoisotopic (exact) mass is 326 g/mol. The van der Waals surface area contributed by atoms with Gasteiger partial charge in [-0.1, -0.05) is 53.0 Å². The number of rotatable bonds is 5. The van der Waals surface area contributed by atoms with Crippen molar-refractivity contribution in [3.63, 3.8) is 0 Å². The van der Waals surface area contributed by atoms with Gasteiger partial charge >= 0.3 is 0 Å². The van der Waals surface area contributed by atoms with Crippen molar-refractivity contribution in [1.82, 2.24) is 0 Å². The summed E-state index contributed by atoms with van der Waals surface area (Å²) < 4.78 is 0. The molecule has 0 radical (unpaired) electrons. The Morgan fingerprint density at radius 1 is 1.10 bits per heavy atom. The molecule has 2 rings (SSSR count). The van der Waals surface area contributed by atoms with E-state index in [1.807, 2.05) is 12.1 Å². The van der Waals surface area contributed by atoms with Crippen molar-refractivity contribution in [2.45, 2.75) is 24.3 Å². The molecule has 0 fully saturated rings. The van der Waals surface area contributed by atoms with Gasteiger partial charge in [0, 0.05) is 17.1 Å². The van der Waals surface area contributed by atoms with Gasteiger partial charge in [0.2, 0.25) is 0 Å². The quantitative estimate of drug-likeness (QED) is 0.780. The Kier molecular flexibility index (Phi) is 5.79. The summed E-state index contributed by atoms with van der Waals surface area (Å²) in [6, 6.07) is 13.8. The van der Waals surface area contributed by atoms with Crippen LogP contribution in [0.15, 0.2) is 47.4 Å². The van der Waals surface area contributed by atoms with Crippen LogP contribution in [-0.4, -0.2) is 17.0 Å². The van der Waals surface area contributed by atoms with E-state index in [0.717, 1.165) is 10.5 Å². The first-order valence-corrected chi connectivity index (χ1v) is 8.11. The predicted octanol–water partition coefficient (Wildman–Crippen LogP) is 5.00. The van der Waals surface area contributed by atoms with Crippen molar-refractivity contribution in [2.75, 3.05) is 5.75 Å². The summed E-state index contributed by atoms with van der Waals surface area (Å²) >= 11 is 13.7. The molecule has 0 heterocycles. The fourth-order valence-corrected chi connectivity index (χ4v) is 3.07. The highest BCUT2D eigenvalue weighted by Crippen LogP contribution is 2.27. The van der Waals surface area contributed by atoms with Gasteiger partial charge in [0.25, 0.3) is 0 Å². The Balaban J connectivity index is 1.91. The average Bonchev–Trinajstić information content (AvgIpc) is 2.43. The normalized spacial score (nSPS) is 12.4. The molecule has 1 atom stereocenters. The van der Waals surface area contributed by atoms with Gasteiger partial charge in [-0.05, 0) is 30.7 Å². The minimum Gasteiger partial charge on any atom is -0.392 e. The second kappa shape index (κ2) is 7.37. The fourth-order valence-electron chi connectivity index (χ4n) is 1.85. The van der Waals surface area contributed by atoms with Crippen LogP contribution in [0.25, 0.3) is 0 Å². The third-order valence-electron chi connectivity index (χ3n) is 2.95. The summed E-state index contributed by atoms with van der Waals surface area (Å²) in [6.45, 7) is 2.06. The van der Waals surface area contributed by atoms with Crippen LogP contribution in [0, 0.1) is 6.92 Å². The van der Waals surface area contributed by atoms with E-state index in [-0.39, 0.29) is 0 Å². The summed E-state index contributed by atoms with van der Waals surface area (Å²) in [6.07, 6.45) is 0.0652. The molecule has 0 spiro atoms. The molecule has 1 N–H and O–H groups in total. The van der Waals surface area contributed by atoms with Gasteiger partial charge in [-0.2, -0.15) is 0 Å². The highest BCUT2D eigenvalue weighted by atomic mass is 35.5. The van der Waals surface area contributed by atoms with Gasteiger partial charge < -0.3 is 5.11 Å². The largest absolute Gasteiger partial charge is 0.392 e. The molecule has 20 heavy (non-hydrogen) atoms. The molecule has 2 aromatic carbocycles. The maximum Gasteiger partial charge on any atom is 0.0674 e. The molecule has 0 amide bonds. The van der Waals surface area contributed by atoms with Crippen molar-refractivity contribution >= 4 is 35.0 Å². The highest BCUT2D eigenvalue weighted by Gasteiger charge is 2.11. The summed E-state index contributed by atoms with van der Waals surface area (Å²) in [5, 5.41) is 11.2. The molecule has 1 unspecified atom stereocenters. The van der Waals surface area contributed by atoms with E-state index in [2.05, 4.69) is 31.2 Å². The molecule has 0 aliphatic carbocycles. The number of aliphatic hydroxyl groups is 1.